The summed E-state index contributed by atoms with van der Waals surface area (Å²) < 4.78 is 1.22. The molecular formula is C22H16ClN3O4S. The topological polar surface area (TPSA) is 101 Å². The van der Waals surface area contributed by atoms with Crippen molar-refractivity contribution in [1.82, 2.24) is 9.55 Å². The molecule has 0 saturated carbocycles. The second kappa shape index (κ2) is 8.33. The number of carbonyl (C=O) groups excluding carboxylic acids is 1. The third-order valence-corrected chi connectivity index (χ3v) is 5.86. The fourth-order valence-corrected chi connectivity index (χ4v) is 4.26. The molecule has 156 valence electrons. The van der Waals surface area contributed by atoms with Crippen LogP contribution in [0.5, 0.6) is 0 Å². The van der Waals surface area contributed by atoms with Gasteiger partial charge in [-0.05, 0) is 36.8 Å². The molecule has 31 heavy (non-hydrogen) atoms. The van der Waals surface area contributed by atoms with Crippen molar-refractivity contribution < 1.29 is 14.7 Å². The van der Waals surface area contributed by atoms with E-state index in [1.807, 2.05) is 31.2 Å². The average Bonchev–Trinajstić information content (AvgIpc) is 3.17. The van der Waals surface area contributed by atoms with E-state index in [4.69, 9.17) is 11.6 Å². The Balaban J connectivity index is 1.84. The zero-order chi connectivity index (χ0) is 22.1. The van der Waals surface area contributed by atoms with Crippen molar-refractivity contribution in [1.29, 1.82) is 0 Å². The minimum absolute atomic E-state index is 0.00544. The number of carbonyl (C=O) groups is 2. The number of nitrogens with zero attached hydrogens (tertiary/aromatic N) is 2. The van der Waals surface area contributed by atoms with E-state index in [0.717, 1.165) is 16.9 Å². The van der Waals surface area contributed by atoms with Crippen molar-refractivity contribution in [2.24, 2.45) is 0 Å². The molecule has 2 aromatic heterocycles. The second-order valence-electron chi connectivity index (χ2n) is 6.83. The Labute approximate surface area is 185 Å². The monoisotopic (exact) mass is 453 g/mol. The molecule has 2 N–H and O–H groups in total. The lowest BCUT2D eigenvalue weighted by molar-refractivity contribution is -0.116. The Morgan fingerprint density at radius 3 is 2.55 bits per heavy atom. The van der Waals surface area contributed by atoms with E-state index in [1.54, 1.807) is 24.3 Å². The summed E-state index contributed by atoms with van der Waals surface area (Å²) in [6.45, 7) is 1.55. The SMILES string of the molecule is Cc1ccccc1-c1nc2scc(C(=O)O)c2c(=O)n1CC(=O)Nc1ccc(Cl)cc1. The van der Waals surface area contributed by atoms with Gasteiger partial charge in [0, 0.05) is 21.7 Å². The first-order valence-electron chi connectivity index (χ1n) is 9.22. The van der Waals surface area contributed by atoms with Crippen molar-refractivity contribution in [2.45, 2.75) is 13.5 Å². The van der Waals surface area contributed by atoms with Gasteiger partial charge in [-0.1, -0.05) is 35.9 Å². The molecule has 2 heterocycles. The molecule has 9 heteroatoms. The van der Waals surface area contributed by atoms with Crippen molar-refractivity contribution in [3.05, 3.63) is 80.4 Å². The van der Waals surface area contributed by atoms with Crippen LogP contribution in [-0.2, 0) is 11.3 Å². The molecule has 0 saturated heterocycles. The molecule has 7 nitrogen and oxygen atoms in total. The number of aryl methyl sites for hydroxylation is 1. The molecule has 0 fully saturated rings. The van der Waals surface area contributed by atoms with Crippen molar-refractivity contribution in [2.75, 3.05) is 5.32 Å². The largest absolute Gasteiger partial charge is 0.478 e. The summed E-state index contributed by atoms with van der Waals surface area (Å²) >= 11 is 6.96. The lowest BCUT2D eigenvalue weighted by Gasteiger charge is -2.14. The maximum atomic E-state index is 13.3. The second-order valence-corrected chi connectivity index (χ2v) is 8.13. The van der Waals surface area contributed by atoms with Crippen LogP contribution < -0.4 is 10.9 Å². The predicted octanol–water partition coefficient (Wildman–Crippen LogP) is 4.42. The van der Waals surface area contributed by atoms with Crippen molar-refractivity contribution >= 4 is 50.7 Å². The smallest absolute Gasteiger partial charge is 0.337 e. The van der Waals surface area contributed by atoms with E-state index in [9.17, 15) is 19.5 Å². The van der Waals surface area contributed by atoms with E-state index in [1.165, 1.54) is 9.95 Å². The zero-order valence-electron chi connectivity index (χ0n) is 16.3. The molecule has 0 atom stereocenters. The van der Waals surface area contributed by atoms with Crippen LogP contribution >= 0.6 is 22.9 Å². The maximum absolute atomic E-state index is 13.3. The number of carboxylic acid groups (broad SMARTS) is 1. The predicted molar refractivity (Wildman–Crippen MR) is 121 cm³/mol. The van der Waals surface area contributed by atoms with Crippen molar-refractivity contribution in [3.63, 3.8) is 0 Å². The van der Waals surface area contributed by atoms with Gasteiger partial charge in [0.05, 0.1) is 10.9 Å². The number of hydrogen-bond donors (Lipinski definition) is 2. The molecule has 0 aliphatic carbocycles. The molecule has 0 radical (unpaired) electrons. The van der Waals surface area contributed by atoms with Gasteiger partial charge in [0.2, 0.25) is 5.91 Å². The Bertz CT molecular complexity index is 1380. The number of aromatic carboxylic acids is 1. The third-order valence-electron chi connectivity index (χ3n) is 4.74. The first-order valence-corrected chi connectivity index (χ1v) is 10.5. The van der Waals surface area contributed by atoms with Crippen LogP contribution in [0.4, 0.5) is 5.69 Å². The fraction of sp³-hybridized carbons (Fsp3) is 0.0909. The molecule has 2 aromatic carbocycles. The molecule has 0 unspecified atom stereocenters. The standard InChI is InChI=1S/C22H16ClN3O4S/c1-12-4-2-3-5-15(12)19-25-20-18(16(11-31-20)22(29)30)21(28)26(19)10-17(27)24-14-8-6-13(23)7-9-14/h2-9,11H,10H2,1H3,(H,24,27)(H,29,30). The van der Waals surface area contributed by atoms with Crippen LogP contribution in [0.3, 0.4) is 0 Å². The van der Waals surface area contributed by atoms with Gasteiger partial charge < -0.3 is 10.4 Å². The Morgan fingerprint density at radius 1 is 1.16 bits per heavy atom. The molecule has 0 aliphatic heterocycles. The average molecular weight is 454 g/mol. The van der Waals surface area contributed by atoms with Crippen LogP contribution in [-0.4, -0.2) is 26.5 Å². The molecule has 0 bridgehead atoms. The summed E-state index contributed by atoms with van der Waals surface area (Å²) in [6.07, 6.45) is 0. The Morgan fingerprint density at radius 2 is 1.87 bits per heavy atom. The van der Waals surface area contributed by atoms with Gasteiger partial charge in [0.25, 0.3) is 5.56 Å². The number of hydrogen-bond acceptors (Lipinski definition) is 5. The van der Waals surface area contributed by atoms with Gasteiger partial charge in [0.15, 0.2) is 0 Å². The van der Waals surface area contributed by atoms with Crippen LogP contribution in [0.1, 0.15) is 15.9 Å². The van der Waals surface area contributed by atoms with Crippen LogP contribution in [0.15, 0.2) is 58.7 Å². The summed E-state index contributed by atoms with van der Waals surface area (Å²) in [6, 6.07) is 13.9. The normalized spacial score (nSPS) is 10.9. The fourth-order valence-electron chi connectivity index (χ4n) is 3.24. The van der Waals surface area contributed by atoms with E-state index >= 15 is 0 Å². The van der Waals surface area contributed by atoms with Crippen LogP contribution in [0.25, 0.3) is 21.6 Å². The van der Waals surface area contributed by atoms with E-state index in [2.05, 4.69) is 10.3 Å². The van der Waals surface area contributed by atoms with E-state index in [-0.39, 0.29) is 17.5 Å². The minimum Gasteiger partial charge on any atom is -0.478 e. The summed E-state index contributed by atoms with van der Waals surface area (Å²) in [5.74, 6) is -1.36. The highest BCUT2D eigenvalue weighted by Crippen LogP contribution is 2.27. The summed E-state index contributed by atoms with van der Waals surface area (Å²) in [5.41, 5.74) is 1.38. The molecule has 0 spiro atoms. The highest BCUT2D eigenvalue weighted by Gasteiger charge is 2.22. The van der Waals surface area contributed by atoms with Gasteiger partial charge in [-0.3, -0.25) is 14.2 Å². The highest BCUT2D eigenvalue weighted by atomic mass is 35.5. The van der Waals surface area contributed by atoms with E-state index in [0.29, 0.717) is 26.9 Å². The zero-order valence-corrected chi connectivity index (χ0v) is 17.8. The summed E-state index contributed by atoms with van der Waals surface area (Å²) in [5, 5.41) is 14.1. The number of carboxylic acids is 1. The first-order chi connectivity index (χ1) is 14.8. The van der Waals surface area contributed by atoms with E-state index < -0.39 is 17.4 Å². The quantitative estimate of drug-likeness (QED) is 0.465. The molecule has 4 rings (SSSR count). The van der Waals surface area contributed by atoms with Crippen LogP contribution in [0.2, 0.25) is 5.02 Å². The van der Waals surface area contributed by atoms with Gasteiger partial charge >= 0.3 is 5.97 Å². The number of thiophene rings is 1. The minimum atomic E-state index is -1.22. The molecule has 0 aliphatic rings. The summed E-state index contributed by atoms with van der Waals surface area (Å²) in [7, 11) is 0. The first kappa shape index (κ1) is 20.8. The highest BCUT2D eigenvalue weighted by molar-refractivity contribution is 7.17. The van der Waals surface area contributed by atoms with Crippen LogP contribution in [0, 0.1) is 6.92 Å². The number of halogens is 1. The Hall–Kier alpha value is -3.49. The van der Waals surface area contributed by atoms with Gasteiger partial charge in [-0.25, -0.2) is 9.78 Å². The van der Waals surface area contributed by atoms with Gasteiger partial charge in [0.1, 0.15) is 17.2 Å². The Kier molecular flexibility index (Phi) is 5.58. The van der Waals surface area contributed by atoms with Gasteiger partial charge in [-0.2, -0.15) is 0 Å². The number of benzene rings is 2. The van der Waals surface area contributed by atoms with Gasteiger partial charge in [-0.15, -0.1) is 11.3 Å². The number of rotatable bonds is 5. The number of anilines is 1. The molecular weight excluding hydrogens is 438 g/mol. The number of aromatic nitrogens is 2. The number of nitrogens with one attached hydrogen (secondary N) is 1. The summed E-state index contributed by atoms with van der Waals surface area (Å²) in [4.78, 5) is 42.5. The lowest BCUT2D eigenvalue weighted by atomic mass is 10.1. The van der Waals surface area contributed by atoms with Crippen molar-refractivity contribution in [3.8, 4) is 11.4 Å². The maximum Gasteiger partial charge on any atom is 0.337 e. The molecule has 1 amide bonds. The number of fused-ring (bicyclic) bond motifs is 1. The molecule has 4 aromatic rings. The third kappa shape index (κ3) is 4.08. The number of amides is 1. The lowest BCUT2D eigenvalue weighted by Crippen LogP contribution is -2.30.